The van der Waals surface area contributed by atoms with Gasteiger partial charge < -0.3 is 20.1 Å². The van der Waals surface area contributed by atoms with Crippen LogP contribution in [-0.4, -0.2) is 25.3 Å². The first kappa shape index (κ1) is 16.9. The number of benzene rings is 1. The highest BCUT2D eigenvalue weighted by molar-refractivity contribution is 5.75. The summed E-state index contributed by atoms with van der Waals surface area (Å²) in [6.45, 7) is 5.15. The van der Waals surface area contributed by atoms with Crippen molar-refractivity contribution in [3.8, 4) is 11.5 Å². The molecule has 2 N–H and O–H groups in total. The fourth-order valence-electron chi connectivity index (χ4n) is 3.43. The molecule has 0 spiro atoms. The Morgan fingerprint density at radius 3 is 2.42 bits per heavy atom. The number of amides is 2. The average Bonchev–Trinajstić information content (AvgIpc) is 2.82. The van der Waals surface area contributed by atoms with Gasteiger partial charge in [0.15, 0.2) is 11.5 Å². The molecular weight excluding hydrogens is 304 g/mol. The number of rotatable bonds is 3. The number of carbonyl (C=O) groups is 1. The van der Waals surface area contributed by atoms with Gasteiger partial charge in [-0.25, -0.2) is 4.79 Å². The van der Waals surface area contributed by atoms with E-state index in [0.29, 0.717) is 19.3 Å². The lowest BCUT2D eigenvalue weighted by molar-refractivity contribution is 0.171. The van der Waals surface area contributed by atoms with E-state index in [-0.39, 0.29) is 6.03 Å². The number of hydrogen-bond donors (Lipinski definition) is 2. The number of hydrogen-bond acceptors (Lipinski definition) is 3. The van der Waals surface area contributed by atoms with Gasteiger partial charge in [-0.2, -0.15) is 0 Å². The van der Waals surface area contributed by atoms with Gasteiger partial charge in [0.25, 0.3) is 0 Å². The predicted molar refractivity (Wildman–Crippen MR) is 93.6 cm³/mol. The van der Waals surface area contributed by atoms with Gasteiger partial charge in [-0.3, -0.25) is 0 Å². The van der Waals surface area contributed by atoms with Crippen molar-refractivity contribution < 1.29 is 14.3 Å². The Hall–Kier alpha value is -1.91. The highest BCUT2D eigenvalue weighted by atomic mass is 16.6. The standard InChI is InChI=1S/C19H28N2O3/c1-19(2,14-9-10-16-17(13-14)24-12-11-23-16)21-18(22)20-15-7-5-3-4-6-8-15/h9-10,13,15H,3-8,11-12H2,1-2H3,(H2,20,21,22). The minimum atomic E-state index is -0.481. The minimum absolute atomic E-state index is 0.0956. The first-order valence-corrected chi connectivity index (χ1v) is 9.03. The van der Waals surface area contributed by atoms with Crippen molar-refractivity contribution in [1.82, 2.24) is 10.6 Å². The molecule has 1 aromatic carbocycles. The van der Waals surface area contributed by atoms with Crippen LogP contribution in [0.4, 0.5) is 4.79 Å². The molecule has 0 bridgehead atoms. The summed E-state index contributed by atoms with van der Waals surface area (Å²) in [6, 6.07) is 6.06. The van der Waals surface area contributed by atoms with Crippen molar-refractivity contribution in [3.05, 3.63) is 23.8 Å². The van der Waals surface area contributed by atoms with Crippen molar-refractivity contribution in [3.63, 3.8) is 0 Å². The largest absolute Gasteiger partial charge is 0.486 e. The zero-order valence-corrected chi connectivity index (χ0v) is 14.7. The van der Waals surface area contributed by atoms with Gasteiger partial charge in [-0.05, 0) is 44.4 Å². The Morgan fingerprint density at radius 2 is 1.71 bits per heavy atom. The first-order chi connectivity index (χ1) is 11.5. The molecular formula is C19H28N2O3. The summed E-state index contributed by atoms with van der Waals surface area (Å²) in [5.74, 6) is 1.52. The zero-order chi connectivity index (χ0) is 17.0. The smallest absolute Gasteiger partial charge is 0.315 e. The summed E-state index contributed by atoms with van der Waals surface area (Å²) in [7, 11) is 0. The monoisotopic (exact) mass is 332 g/mol. The van der Waals surface area contributed by atoms with Gasteiger partial charge in [-0.1, -0.05) is 31.7 Å². The fraction of sp³-hybridized carbons (Fsp3) is 0.632. The van der Waals surface area contributed by atoms with Crippen LogP contribution in [-0.2, 0) is 5.54 Å². The van der Waals surface area contributed by atoms with Crippen LogP contribution in [0.15, 0.2) is 18.2 Å². The summed E-state index contributed by atoms with van der Waals surface area (Å²) in [4.78, 5) is 12.4. The van der Waals surface area contributed by atoms with E-state index in [1.807, 2.05) is 32.0 Å². The molecule has 0 saturated heterocycles. The maximum atomic E-state index is 12.4. The quantitative estimate of drug-likeness (QED) is 0.830. The van der Waals surface area contributed by atoms with Gasteiger partial charge in [0.1, 0.15) is 13.2 Å². The molecule has 0 radical (unpaired) electrons. The van der Waals surface area contributed by atoms with Crippen LogP contribution in [0.2, 0.25) is 0 Å². The molecule has 2 amide bonds. The number of urea groups is 1. The van der Waals surface area contributed by atoms with E-state index in [4.69, 9.17) is 9.47 Å². The topological polar surface area (TPSA) is 59.6 Å². The molecule has 3 rings (SSSR count). The lowest BCUT2D eigenvalue weighted by Crippen LogP contribution is -2.49. The highest BCUT2D eigenvalue weighted by Gasteiger charge is 2.26. The Labute approximate surface area is 144 Å². The Morgan fingerprint density at radius 1 is 1.04 bits per heavy atom. The van der Waals surface area contributed by atoms with Gasteiger partial charge in [0.2, 0.25) is 0 Å². The molecule has 1 saturated carbocycles. The SMILES string of the molecule is CC(C)(NC(=O)NC1CCCCCC1)c1ccc2c(c1)OCCO2. The third kappa shape index (κ3) is 4.13. The summed E-state index contributed by atoms with van der Waals surface area (Å²) < 4.78 is 11.2. The molecule has 5 nitrogen and oxygen atoms in total. The van der Waals surface area contributed by atoms with E-state index in [2.05, 4.69) is 10.6 Å². The lowest BCUT2D eigenvalue weighted by Gasteiger charge is -2.30. The molecule has 1 aliphatic carbocycles. The molecule has 132 valence electrons. The molecule has 5 heteroatoms. The van der Waals surface area contributed by atoms with Crippen molar-refractivity contribution in [2.75, 3.05) is 13.2 Å². The molecule has 1 fully saturated rings. The van der Waals surface area contributed by atoms with Crippen molar-refractivity contribution in [2.45, 2.75) is 64.0 Å². The van der Waals surface area contributed by atoms with Crippen LogP contribution in [0, 0.1) is 0 Å². The second-order valence-corrected chi connectivity index (χ2v) is 7.27. The van der Waals surface area contributed by atoms with E-state index in [0.717, 1.165) is 29.9 Å². The van der Waals surface area contributed by atoms with E-state index in [1.54, 1.807) is 0 Å². The van der Waals surface area contributed by atoms with Crippen LogP contribution < -0.4 is 20.1 Å². The number of nitrogens with one attached hydrogen (secondary N) is 2. The van der Waals surface area contributed by atoms with Gasteiger partial charge in [-0.15, -0.1) is 0 Å². The number of fused-ring (bicyclic) bond motifs is 1. The maximum Gasteiger partial charge on any atom is 0.315 e. The highest BCUT2D eigenvalue weighted by Crippen LogP contribution is 2.34. The summed E-state index contributed by atoms with van der Waals surface area (Å²) in [5, 5.41) is 6.24. The van der Waals surface area contributed by atoms with Crippen molar-refractivity contribution >= 4 is 6.03 Å². The number of ether oxygens (including phenoxy) is 2. The van der Waals surface area contributed by atoms with Gasteiger partial charge >= 0.3 is 6.03 Å². The van der Waals surface area contributed by atoms with Crippen LogP contribution in [0.3, 0.4) is 0 Å². The zero-order valence-electron chi connectivity index (χ0n) is 14.7. The molecule has 0 atom stereocenters. The Kier molecular flexibility index (Phi) is 5.17. The van der Waals surface area contributed by atoms with Crippen molar-refractivity contribution in [2.24, 2.45) is 0 Å². The molecule has 0 aromatic heterocycles. The average molecular weight is 332 g/mol. The van der Waals surface area contributed by atoms with Gasteiger partial charge in [0, 0.05) is 6.04 Å². The molecule has 2 aliphatic rings. The fourth-order valence-corrected chi connectivity index (χ4v) is 3.43. The van der Waals surface area contributed by atoms with E-state index >= 15 is 0 Å². The predicted octanol–water partition coefficient (Wildman–Crippen LogP) is 3.71. The lowest BCUT2D eigenvalue weighted by atomic mass is 9.94. The minimum Gasteiger partial charge on any atom is -0.486 e. The Balaban J connectivity index is 1.63. The van der Waals surface area contributed by atoms with Crippen LogP contribution in [0.5, 0.6) is 11.5 Å². The second kappa shape index (κ2) is 7.32. The number of carbonyl (C=O) groups excluding carboxylic acids is 1. The first-order valence-electron chi connectivity index (χ1n) is 9.03. The van der Waals surface area contributed by atoms with E-state index in [1.165, 1.54) is 25.7 Å². The summed E-state index contributed by atoms with van der Waals surface area (Å²) >= 11 is 0. The maximum absolute atomic E-state index is 12.4. The summed E-state index contributed by atoms with van der Waals surface area (Å²) in [6.07, 6.45) is 7.13. The van der Waals surface area contributed by atoms with E-state index in [9.17, 15) is 4.79 Å². The molecule has 1 aromatic rings. The van der Waals surface area contributed by atoms with Gasteiger partial charge in [0.05, 0.1) is 5.54 Å². The van der Waals surface area contributed by atoms with E-state index < -0.39 is 5.54 Å². The molecule has 1 heterocycles. The van der Waals surface area contributed by atoms with Crippen LogP contribution in [0.1, 0.15) is 57.9 Å². The van der Waals surface area contributed by atoms with Crippen molar-refractivity contribution in [1.29, 1.82) is 0 Å². The molecule has 0 unspecified atom stereocenters. The Bertz CT molecular complexity index is 578. The molecule has 24 heavy (non-hydrogen) atoms. The third-order valence-corrected chi connectivity index (χ3v) is 4.88. The second-order valence-electron chi connectivity index (χ2n) is 7.27. The summed E-state index contributed by atoms with van der Waals surface area (Å²) in [5.41, 5.74) is 0.521. The normalized spacial score (nSPS) is 18.6. The van der Waals surface area contributed by atoms with Crippen LogP contribution in [0.25, 0.3) is 0 Å². The third-order valence-electron chi connectivity index (χ3n) is 4.88. The molecule has 1 aliphatic heterocycles. The van der Waals surface area contributed by atoms with Crippen LogP contribution >= 0.6 is 0 Å².